The van der Waals surface area contributed by atoms with Crippen molar-refractivity contribution in [2.24, 2.45) is 0 Å². The van der Waals surface area contributed by atoms with E-state index in [1.165, 1.54) is 16.4 Å². The van der Waals surface area contributed by atoms with Crippen LogP contribution in [0.25, 0.3) is 0 Å². The zero-order chi connectivity index (χ0) is 11.3. The third kappa shape index (κ3) is 4.24. The maximum atomic E-state index is 4.09. The quantitative estimate of drug-likeness (QED) is 0.793. The number of aryl methyl sites for hydroxylation is 1. The number of hydrogen-bond donors (Lipinski definition) is 1. The molecule has 0 saturated carbocycles. The fourth-order valence-corrected chi connectivity index (χ4v) is 2.19. The molecule has 0 radical (unpaired) electrons. The molecule has 15 heavy (non-hydrogen) atoms. The zero-order valence-corrected chi connectivity index (χ0v) is 10.8. The molecule has 1 aromatic rings. The Morgan fingerprint density at radius 1 is 1.47 bits per heavy atom. The molecule has 0 spiro atoms. The molecule has 1 heterocycles. The molecule has 1 rings (SSSR count). The van der Waals surface area contributed by atoms with Gasteiger partial charge in [-0.25, -0.2) is 0 Å². The lowest BCUT2D eigenvalue weighted by atomic mass is 10.2. The Labute approximate surface area is 95.8 Å². The summed E-state index contributed by atoms with van der Waals surface area (Å²) in [5.74, 6) is 0. The molecule has 1 aromatic heterocycles. The lowest BCUT2D eigenvalue weighted by molar-refractivity contribution is 0.349. The standard InChI is InChI=1S/C10H20N4S/c1-5-9-10(15-13-12-9)6-11-8(2)7-14(3)4/h8,11H,5-7H2,1-4H3. The summed E-state index contributed by atoms with van der Waals surface area (Å²) in [6.07, 6.45) is 0.968. The maximum absolute atomic E-state index is 4.09. The summed E-state index contributed by atoms with van der Waals surface area (Å²) in [5.41, 5.74) is 1.13. The third-order valence-corrected chi connectivity index (χ3v) is 2.98. The average Bonchev–Trinajstić information content (AvgIpc) is 2.60. The zero-order valence-electron chi connectivity index (χ0n) is 9.95. The molecule has 0 amide bonds. The lowest BCUT2D eigenvalue weighted by Gasteiger charge is -2.17. The highest BCUT2D eigenvalue weighted by molar-refractivity contribution is 7.05. The molecule has 0 aliphatic rings. The van der Waals surface area contributed by atoms with E-state index < -0.39 is 0 Å². The first-order valence-corrected chi connectivity index (χ1v) is 6.09. The first-order valence-electron chi connectivity index (χ1n) is 5.31. The maximum Gasteiger partial charge on any atom is 0.0797 e. The summed E-state index contributed by atoms with van der Waals surface area (Å²) >= 11 is 1.50. The highest BCUT2D eigenvalue weighted by Gasteiger charge is 2.08. The van der Waals surface area contributed by atoms with Crippen LogP contribution in [0.1, 0.15) is 24.4 Å². The Bertz CT molecular complexity index is 285. The molecule has 1 N–H and O–H groups in total. The second-order valence-electron chi connectivity index (χ2n) is 4.04. The van der Waals surface area contributed by atoms with E-state index >= 15 is 0 Å². The van der Waals surface area contributed by atoms with Crippen LogP contribution in [0.15, 0.2) is 0 Å². The van der Waals surface area contributed by atoms with Crippen LogP contribution in [0.5, 0.6) is 0 Å². The van der Waals surface area contributed by atoms with Crippen molar-refractivity contribution in [3.8, 4) is 0 Å². The van der Waals surface area contributed by atoms with E-state index in [-0.39, 0.29) is 0 Å². The topological polar surface area (TPSA) is 41.1 Å². The van der Waals surface area contributed by atoms with Crippen molar-refractivity contribution >= 4 is 11.5 Å². The van der Waals surface area contributed by atoms with E-state index in [2.05, 4.69) is 47.7 Å². The minimum Gasteiger partial charge on any atom is -0.308 e. The van der Waals surface area contributed by atoms with Crippen LogP contribution >= 0.6 is 11.5 Å². The molecule has 0 aliphatic heterocycles. The van der Waals surface area contributed by atoms with Crippen LogP contribution in [0, 0.1) is 0 Å². The molecular weight excluding hydrogens is 208 g/mol. The molecule has 0 fully saturated rings. The lowest BCUT2D eigenvalue weighted by Crippen LogP contribution is -2.35. The summed E-state index contributed by atoms with van der Waals surface area (Å²) in [6, 6.07) is 0.492. The number of rotatable bonds is 6. The van der Waals surface area contributed by atoms with Gasteiger partial charge in [-0.15, -0.1) is 5.10 Å². The number of likely N-dealkylation sites (N-methyl/N-ethyl adjacent to an activating group) is 1. The Kier molecular flexibility index (Phi) is 5.14. The number of hydrogen-bond acceptors (Lipinski definition) is 5. The fourth-order valence-electron chi connectivity index (χ4n) is 1.51. The highest BCUT2D eigenvalue weighted by Crippen LogP contribution is 2.10. The Morgan fingerprint density at radius 3 is 2.80 bits per heavy atom. The molecule has 86 valence electrons. The molecular formula is C10H20N4S. The van der Waals surface area contributed by atoms with Crippen molar-refractivity contribution in [2.45, 2.75) is 32.9 Å². The van der Waals surface area contributed by atoms with Gasteiger partial charge in [-0.1, -0.05) is 11.4 Å². The summed E-state index contributed by atoms with van der Waals surface area (Å²) < 4.78 is 3.97. The molecule has 4 nitrogen and oxygen atoms in total. The van der Waals surface area contributed by atoms with Crippen LogP contribution in [0.3, 0.4) is 0 Å². The smallest absolute Gasteiger partial charge is 0.0797 e. The van der Waals surface area contributed by atoms with Crippen molar-refractivity contribution in [2.75, 3.05) is 20.6 Å². The molecule has 0 aromatic carbocycles. The number of nitrogens with one attached hydrogen (secondary N) is 1. The Balaban J connectivity index is 2.36. The monoisotopic (exact) mass is 228 g/mol. The summed E-state index contributed by atoms with van der Waals surface area (Å²) in [7, 11) is 4.17. The van der Waals surface area contributed by atoms with Crippen LogP contribution < -0.4 is 5.32 Å². The van der Waals surface area contributed by atoms with Crippen molar-refractivity contribution < 1.29 is 0 Å². The van der Waals surface area contributed by atoms with E-state index in [4.69, 9.17) is 0 Å². The van der Waals surface area contributed by atoms with Crippen molar-refractivity contribution in [1.29, 1.82) is 0 Å². The van der Waals surface area contributed by atoms with E-state index in [0.717, 1.165) is 25.2 Å². The van der Waals surface area contributed by atoms with Gasteiger partial charge in [0.2, 0.25) is 0 Å². The fraction of sp³-hybridized carbons (Fsp3) is 0.800. The van der Waals surface area contributed by atoms with E-state index in [1.807, 2.05) is 0 Å². The van der Waals surface area contributed by atoms with Gasteiger partial charge in [-0.05, 0) is 39.0 Å². The van der Waals surface area contributed by atoms with Gasteiger partial charge in [0.15, 0.2) is 0 Å². The van der Waals surface area contributed by atoms with Gasteiger partial charge in [0, 0.05) is 19.1 Å². The number of aromatic nitrogens is 2. The molecule has 0 aliphatic carbocycles. The molecule has 0 saturated heterocycles. The molecule has 1 unspecified atom stereocenters. The number of nitrogens with zero attached hydrogens (tertiary/aromatic N) is 3. The van der Waals surface area contributed by atoms with Gasteiger partial charge in [0.1, 0.15) is 0 Å². The van der Waals surface area contributed by atoms with Gasteiger partial charge in [-0.2, -0.15) is 0 Å². The van der Waals surface area contributed by atoms with Gasteiger partial charge in [0.25, 0.3) is 0 Å². The Hall–Kier alpha value is -0.520. The predicted molar refractivity (Wildman–Crippen MR) is 64.1 cm³/mol. The molecule has 0 bridgehead atoms. The summed E-state index contributed by atoms with van der Waals surface area (Å²) in [4.78, 5) is 3.45. The summed E-state index contributed by atoms with van der Waals surface area (Å²) in [5, 5.41) is 7.57. The van der Waals surface area contributed by atoms with Gasteiger partial charge < -0.3 is 10.2 Å². The average molecular weight is 228 g/mol. The normalized spacial score (nSPS) is 13.4. The SMILES string of the molecule is CCc1nnsc1CNC(C)CN(C)C. The van der Waals surface area contributed by atoms with Gasteiger partial charge in [0.05, 0.1) is 10.6 Å². The second kappa shape index (κ2) is 6.15. The van der Waals surface area contributed by atoms with Crippen LogP contribution in [-0.2, 0) is 13.0 Å². The second-order valence-corrected chi connectivity index (χ2v) is 4.88. The minimum atomic E-state index is 0.492. The largest absolute Gasteiger partial charge is 0.308 e. The van der Waals surface area contributed by atoms with E-state index in [1.54, 1.807) is 0 Å². The predicted octanol–water partition coefficient (Wildman–Crippen LogP) is 1.14. The first kappa shape index (κ1) is 12.5. The van der Waals surface area contributed by atoms with Crippen molar-refractivity contribution in [3.63, 3.8) is 0 Å². The first-order chi connectivity index (χ1) is 7.13. The van der Waals surface area contributed by atoms with Crippen molar-refractivity contribution in [3.05, 3.63) is 10.6 Å². The van der Waals surface area contributed by atoms with Crippen LogP contribution in [0.2, 0.25) is 0 Å². The minimum absolute atomic E-state index is 0.492. The highest BCUT2D eigenvalue weighted by atomic mass is 32.1. The van der Waals surface area contributed by atoms with Crippen molar-refractivity contribution in [1.82, 2.24) is 19.8 Å². The van der Waals surface area contributed by atoms with E-state index in [9.17, 15) is 0 Å². The van der Waals surface area contributed by atoms with Gasteiger partial charge >= 0.3 is 0 Å². The molecule has 1 atom stereocenters. The molecule has 5 heteroatoms. The summed E-state index contributed by atoms with van der Waals surface area (Å²) in [6.45, 7) is 6.24. The van der Waals surface area contributed by atoms with Gasteiger partial charge in [-0.3, -0.25) is 0 Å². The van der Waals surface area contributed by atoms with E-state index in [0.29, 0.717) is 6.04 Å². The van der Waals surface area contributed by atoms with Crippen LogP contribution in [-0.4, -0.2) is 41.2 Å². The Morgan fingerprint density at radius 2 is 2.20 bits per heavy atom. The third-order valence-electron chi connectivity index (χ3n) is 2.22. The van der Waals surface area contributed by atoms with Crippen LogP contribution in [0.4, 0.5) is 0 Å².